The molecule has 1 aromatic heterocycles. The van der Waals surface area contributed by atoms with Crippen molar-refractivity contribution in [3.8, 4) is 5.75 Å². The summed E-state index contributed by atoms with van der Waals surface area (Å²) in [4.78, 5) is 12.3. The molecule has 0 aliphatic carbocycles. The summed E-state index contributed by atoms with van der Waals surface area (Å²) >= 11 is 0. The van der Waals surface area contributed by atoms with Crippen molar-refractivity contribution in [2.75, 3.05) is 13.4 Å². The number of ether oxygens (including phenoxy) is 1. The molecule has 0 N–H and O–H groups in total. The summed E-state index contributed by atoms with van der Waals surface area (Å²) in [6.45, 7) is 2.74. The molecule has 17 heavy (non-hydrogen) atoms. The molecule has 0 amide bonds. The average molecular weight is 260 g/mol. The van der Waals surface area contributed by atoms with Gasteiger partial charge in [0.2, 0.25) is 5.78 Å². The Bertz CT molecular complexity index is 543. The number of sulfone groups is 1. The number of nitrogens with zero attached hydrogens (tertiary/aromatic N) is 2. The Balaban J connectivity index is 3.36. The highest BCUT2D eigenvalue weighted by Gasteiger charge is 2.41. The van der Waals surface area contributed by atoms with Crippen molar-refractivity contribution in [1.29, 1.82) is 0 Å². The van der Waals surface area contributed by atoms with Gasteiger partial charge in [-0.25, -0.2) is 8.42 Å². The maximum Gasteiger partial charge on any atom is 0.205 e. The first-order valence-corrected chi connectivity index (χ1v) is 6.82. The molecule has 1 heterocycles. The van der Waals surface area contributed by atoms with E-state index in [1.807, 2.05) is 0 Å². The summed E-state index contributed by atoms with van der Waals surface area (Å²) in [6.07, 6.45) is 2.42. The van der Waals surface area contributed by atoms with E-state index in [2.05, 4.69) is 5.10 Å². The number of hydrogen-bond acceptors (Lipinski definition) is 5. The topological polar surface area (TPSA) is 78.3 Å². The van der Waals surface area contributed by atoms with Gasteiger partial charge >= 0.3 is 0 Å². The fraction of sp³-hybridized carbons (Fsp3) is 0.600. The van der Waals surface area contributed by atoms with Crippen LogP contribution in [0.3, 0.4) is 0 Å². The van der Waals surface area contributed by atoms with E-state index in [-0.39, 0.29) is 11.4 Å². The number of aromatic nitrogens is 2. The molecule has 7 heteroatoms. The first-order chi connectivity index (χ1) is 7.63. The molecule has 0 saturated heterocycles. The van der Waals surface area contributed by atoms with Crippen LogP contribution in [0.4, 0.5) is 0 Å². The lowest BCUT2D eigenvalue weighted by atomic mass is 10.0. The minimum Gasteiger partial charge on any atom is -0.493 e. The van der Waals surface area contributed by atoms with E-state index in [1.54, 1.807) is 7.05 Å². The van der Waals surface area contributed by atoms with Gasteiger partial charge in [-0.1, -0.05) is 0 Å². The number of ketones is 1. The summed E-state index contributed by atoms with van der Waals surface area (Å²) < 4.78 is 28.0. The van der Waals surface area contributed by atoms with Gasteiger partial charge in [0.15, 0.2) is 15.6 Å². The van der Waals surface area contributed by atoms with Crippen molar-refractivity contribution in [3.05, 3.63) is 11.9 Å². The number of methoxy groups -OCH3 is 1. The minimum atomic E-state index is -3.52. The molecular weight excluding hydrogens is 244 g/mol. The lowest BCUT2D eigenvalue weighted by Crippen LogP contribution is -2.41. The Kier molecular flexibility index (Phi) is 3.33. The molecule has 6 nitrogen and oxygen atoms in total. The summed E-state index contributed by atoms with van der Waals surface area (Å²) in [7, 11) is -0.548. The second kappa shape index (κ2) is 4.14. The van der Waals surface area contributed by atoms with Gasteiger partial charge in [-0.15, -0.1) is 0 Å². The molecule has 0 unspecified atom stereocenters. The van der Waals surface area contributed by atoms with Gasteiger partial charge < -0.3 is 4.74 Å². The van der Waals surface area contributed by atoms with E-state index >= 15 is 0 Å². The molecule has 0 atom stereocenters. The van der Waals surface area contributed by atoms with Crippen LogP contribution in [0.25, 0.3) is 0 Å². The normalized spacial score (nSPS) is 12.5. The SMILES string of the molecule is COc1cnn(C)c1C(=O)C(C)(C)S(C)(=O)=O. The van der Waals surface area contributed by atoms with E-state index in [1.165, 1.54) is 31.8 Å². The second-order valence-electron chi connectivity index (χ2n) is 4.30. The quantitative estimate of drug-likeness (QED) is 0.734. The fourth-order valence-corrected chi connectivity index (χ4v) is 1.71. The van der Waals surface area contributed by atoms with E-state index in [0.29, 0.717) is 0 Å². The second-order valence-corrected chi connectivity index (χ2v) is 6.86. The van der Waals surface area contributed by atoms with Crippen LogP contribution < -0.4 is 4.74 Å². The molecule has 0 fully saturated rings. The molecule has 0 spiro atoms. The van der Waals surface area contributed by atoms with E-state index < -0.39 is 20.4 Å². The Morgan fingerprint density at radius 3 is 2.41 bits per heavy atom. The van der Waals surface area contributed by atoms with Crippen molar-refractivity contribution >= 4 is 15.6 Å². The largest absolute Gasteiger partial charge is 0.493 e. The fourth-order valence-electron chi connectivity index (χ4n) is 1.28. The van der Waals surface area contributed by atoms with Gasteiger partial charge in [-0.2, -0.15) is 5.10 Å². The van der Waals surface area contributed by atoms with Crippen LogP contribution in [0.5, 0.6) is 5.75 Å². The van der Waals surface area contributed by atoms with Gasteiger partial charge in [0.1, 0.15) is 10.4 Å². The van der Waals surface area contributed by atoms with Crippen LogP contribution in [0.1, 0.15) is 24.3 Å². The van der Waals surface area contributed by atoms with Crippen LogP contribution in [-0.4, -0.2) is 42.1 Å². The van der Waals surface area contributed by atoms with Gasteiger partial charge in [-0.05, 0) is 13.8 Å². The van der Waals surface area contributed by atoms with Gasteiger partial charge in [-0.3, -0.25) is 9.48 Å². The number of rotatable bonds is 4. The molecule has 0 bridgehead atoms. The molecule has 0 aliphatic rings. The predicted octanol–water partition coefficient (Wildman–Crippen LogP) is 0.435. The molecule has 1 aromatic rings. The van der Waals surface area contributed by atoms with Crippen LogP contribution in [0.2, 0.25) is 0 Å². The van der Waals surface area contributed by atoms with Crippen LogP contribution in [0, 0.1) is 0 Å². The van der Waals surface area contributed by atoms with Gasteiger partial charge in [0, 0.05) is 13.3 Å². The standard InChI is InChI=1S/C10H16N2O4S/c1-10(2,17(5,14)15)9(13)8-7(16-4)6-11-12(8)3/h6H,1-5H3. The lowest BCUT2D eigenvalue weighted by Gasteiger charge is -2.21. The summed E-state index contributed by atoms with van der Waals surface area (Å²) in [5, 5.41) is 3.88. The van der Waals surface area contributed by atoms with Crippen molar-refractivity contribution < 1.29 is 17.9 Å². The highest BCUT2D eigenvalue weighted by molar-refractivity contribution is 7.92. The number of carbonyl (C=O) groups is 1. The molecular formula is C10H16N2O4S. The number of aryl methyl sites for hydroxylation is 1. The van der Waals surface area contributed by atoms with E-state index in [9.17, 15) is 13.2 Å². The summed E-state index contributed by atoms with van der Waals surface area (Å²) in [5.41, 5.74) is 0.155. The summed E-state index contributed by atoms with van der Waals surface area (Å²) in [5.74, 6) is -0.258. The maximum absolute atomic E-state index is 12.3. The van der Waals surface area contributed by atoms with Gasteiger partial charge in [0.05, 0.1) is 13.3 Å². The zero-order chi connectivity index (χ0) is 13.4. The molecule has 0 radical (unpaired) electrons. The highest BCUT2D eigenvalue weighted by Crippen LogP contribution is 2.26. The van der Waals surface area contributed by atoms with Crippen molar-refractivity contribution in [2.24, 2.45) is 7.05 Å². The first-order valence-electron chi connectivity index (χ1n) is 4.93. The van der Waals surface area contributed by atoms with Crippen LogP contribution >= 0.6 is 0 Å². The molecule has 0 aromatic carbocycles. The molecule has 0 aliphatic heterocycles. The third kappa shape index (κ3) is 2.19. The van der Waals surface area contributed by atoms with Crippen LogP contribution in [-0.2, 0) is 16.9 Å². The monoisotopic (exact) mass is 260 g/mol. The van der Waals surface area contributed by atoms with E-state index in [4.69, 9.17) is 4.74 Å². The van der Waals surface area contributed by atoms with Crippen molar-refractivity contribution in [3.63, 3.8) is 0 Å². The third-order valence-electron chi connectivity index (χ3n) is 2.81. The van der Waals surface area contributed by atoms with Gasteiger partial charge in [0.25, 0.3) is 0 Å². The Morgan fingerprint density at radius 2 is 2.00 bits per heavy atom. The van der Waals surface area contributed by atoms with Crippen molar-refractivity contribution in [2.45, 2.75) is 18.6 Å². The number of Topliss-reactive ketones (excluding diaryl/α,β-unsaturated/α-hetero) is 1. The van der Waals surface area contributed by atoms with Crippen molar-refractivity contribution in [1.82, 2.24) is 9.78 Å². The first kappa shape index (κ1) is 13.7. The Morgan fingerprint density at radius 1 is 1.47 bits per heavy atom. The highest BCUT2D eigenvalue weighted by atomic mass is 32.2. The lowest BCUT2D eigenvalue weighted by molar-refractivity contribution is 0.0941. The van der Waals surface area contributed by atoms with Crippen LogP contribution in [0.15, 0.2) is 6.20 Å². The molecule has 0 saturated carbocycles. The Hall–Kier alpha value is -1.37. The molecule has 1 rings (SSSR count). The zero-order valence-corrected chi connectivity index (χ0v) is 11.3. The minimum absolute atomic E-state index is 0.155. The number of carbonyl (C=O) groups excluding carboxylic acids is 1. The maximum atomic E-state index is 12.3. The van der Waals surface area contributed by atoms with E-state index in [0.717, 1.165) is 6.26 Å². The smallest absolute Gasteiger partial charge is 0.205 e. The average Bonchev–Trinajstić information content (AvgIpc) is 2.56. The molecule has 96 valence electrons. The predicted molar refractivity (Wildman–Crippen MR) is 63.0 cm³/mol. The zero-order valence-electron chi connectivity index (χ0n) is 10.5. The summed E-state index contributed by atoms with van der Waals surface area (Å²) in [6, 6.07) is 0. The Labute approximate surface area is 100 Å². The number of hydrogen-bond donors (Lipinski definition) is 0. The third-order valence-corrected chi connectivity index (χ3v) is 4.85.